The first-order chi connectivity index (χ1) is 8.60. The quantitative estimate of drug-likeness (QED) is 0.834. The van der Waals surface area contributed by atoms with Crippen LogP contribution in [0.2, 0.25) is 0 Å². The van der Waals surface area contributed by atoms with Crippen LogP contribution in [0, 0.1) is 13.8 Å². The van der Waals surface area contributed by atoms with Crippen LogP contribution in [0.5, 0.6) is 0 Å². The minimum atomic E-state index is 0.156. The Bertz CT molecular complexity index is 579. The zero-order valence-electron chi connectivity index (χ0n) is 11.3. The molecule has 96 valence electrons. The van der Waals surface area contributed by atoms with Crippen molar-refractivity contribution in [3.63, 3.8) is 0 Å². The topological polar surface area (TPSA) is 42.2 Å². The van der Waals surface area contributed by atoms with Gasteiger partial charge in [-0.05, 0) is 39.3 Å². The lowest BCUT2D eigenvalue weighted by Crippen LogP contribution is -2.41. The van der Waals surface area contributed by atoms with Gasteiger partial charge in [-0.3, -0.25) is 4.40 Å². The Morgan fingerprint density at radius 2 is 2.17 bits per heavy atom. The van der Waals surface area contributed by atoms with Crippen LogP contribution < -0.4 is 5.32 Å². The fraction of sp³-hybridized carbons (Fsp3) is 0.571. The number of aryl methyl sites for hydroxylation is 2. The first-order valence-corrected chi connectivity index (χ1v) is 6.63. The summed E-state index contributed by atoms with van der Waals surface area (Å²) in [5.41, 5.74) is 2.50. The molecular formula is C14H20N4. The lowest BCUT2D eigenvalue weighted by molar-refractivity contribution is 0.331. The van der Waals surface area contributed by atoms with E-state index in [2.05, 4.69) is 34.6 Å². The van der Waals surface area contributed by atoms with Crippen molar-refractivity contribution in [2.45, 2.75) is 39.0 Å². The zero-order valence-corrected chi connectivity index (χ0v) is 11.3. The van der Waals surface area contributed by atoms with Gasteiger partial charge in [-0.2, -0.15) is 0 Å². The highest BCUT2D eigenvalue weighted by atomic mass is 15.1. The van der Waals surface area contributed by atoms with E-state index in [1.165, 1.54) is 18.5 Å². The maximum Gasteiger partial charge on any atom is 0.111 e. The molecule has 2 aromatic rings. The normalized spacial score (nSPS) is 24.6. The molecule has 0 amide bonds. The van der Waals surface area contributed by atoms with E-state index < -0.39 is 0 Å². The number of fused-ring (bicyclic) bond motifs is 1. The molecule has 0 unspecified atom stereocenters. The predicted molar refractivity (Wildman–Crippen MR) is 71.9 cm³/mol. The number of rotatable bonds is 1. The van der Waals surface area contributed by atoms with Crippen molar-refractivity contribution in [3.05, 3.63) is 29.6 Å². The minimum Gasteiger partial charge on any atom is -0.316 e. The molecule has 1 N–H and O–H groups in total. The largest absolute Gasteiger partial charge is 0.316 e. The molecule has 2 aromatic heterocycles. The lowest BCUT2D eigenvalue weighted by atomic mass is 9.79. The molecule has 3 heterocycles. The molecule has 1 fully saturated rings. The number of hydrogen-bond acceptors (Lipinski definition) is 3. The van der Waals surface area contributed by atoms with Crippen LogP contribution in [0.3, 0.4) is 0 Å². The van der Waals surface area contributed by atoms with E-state index in [1.54, 1.807) is 0 Å². The molecule has 1 aliphatic heterocycles. The number of imidazole rings is 1. The van der Waals surface area contributed by atoms with Crippen molar-refractivity contribution >= 4 is 5.52 Å². The van der Waals surface area contributed by atoms with Gasteiger partial charge < -0.3 is 5.32 Å². The SMILES string of the molecule is Cc1ncc2cc([C@@]3(C)CCCNC3)nc(C)n12. The smallest absolute Gasteiger partial charge is 0.111 e. The van der Waals surface area contributed by atoms with Gasteiger partial charge in [0.2, 0.25) is 0 Å². The molecule has 0 spiro atoms. The summed E-state index contributed by atoms with van der Waals surface area (Å²) in [4.78, 5) is 9.19. The van der Waals surface area contributed by atoms with Crippen LogP contribution in [-0.4, -0.2) is 27.5 Å². The summed E-state index contributed by atoms with van der Waals surface area (Å²) in [6.07, 6.45) is 4.36. The first-order valence-electron chi connectivity index (χ1n) is 6.63. The van der Waals surface area contributed by atoms with Crippen molar-refractivity contribution in [1.82, 2.24) is 19.7 Å². The third kappa shape index (κ3) is 1.72. The molecule has 1 atom stereocenters. The number of piperidine rings is 1. The Balaban J connectivity index is 2.12. The van der Waals surface area contributed by atoms with E-state index in [9.17, 15) is 0 Å². The Hall–Kier alpha value is -1.42. The molecular weight excluding hydrogens is 224 g/mol. The molecule has 18 heavy (non-hydrogen) atoms. The van der Waals surface area contributed by atoms with Gasteiger partial charge in [0.05, 0.1) is 17.4 Å². The minimum absolute atomic E-state index is 0.156. The van der Waals surface area contributed by atoms with Gasteiger partial charge in [0.1, 0.15) is 11.6 Å². The number of aromatic nitrogens is 3. The average molecular weight is 244 g/mol. The summed E-state index contributed by atoms with van der Waals surface area (Å²) in [5.74, 6) is 2.04. The Kier molecular flexibility index (Phi) is 2.63. The molecule has 0 saturated carbocycles. The van der Waals surface area contributed by atoms with Crippen LogP contribution in [0.25, 0.3) is 5.52 Å². The maximum absolute atomic E-state index is 4.81. The molecule has 0 bridgehead atoms. The van der Waals surface area contributed by atoms with Crippen LogP contribution in [0.15, 0.2) is 12.3 Å². The molecule has 4 heteroatoms. The van der Waals surface area contributed by atoms with Crippen molar-refractivity contribution in [2.75, 3.05) is 13.1 Å². The van der Waals surface area contributed by atoms with E-state index in [4.69, 9.17) is 4.98 Å². The van der Waals surface area contributed by atoms with E-state index in [1.807, 2.05) is 13.1 Å². The van der Waals surface area contributed by atoms with Gasteiger partial charge >= 0.3 is 0 Å². The standard InChI is InChI=1S/C14H20N4/c1-10-16-8-12-7-13(17-11(2)18(10)12)14(3)5-4-6-15-9-14/h7-8,15H,4-6,9H2,1-3H3/t14-/m0/s1. The molecule has 1 aliphatic rings. The van der Waals surface area contributed by atoms with Crippen molar-refractivity contribution in [3.8, 4) is 0 Å². The Morgan fingerprint density at radius 1 is 1.33 bits per heavy atom. The predicted octanol–water partition coefficient (Wildman–Crippen LogP) is 1.99. The second-order valence-electron chi connectivity index (χ2n) is 5.60. The van der Waals surface area contributed by atoms with Crippen LogP contribution in [-0.2, 0) is 5.41 Å². The fourth-order valence-electron chi connectivity index (χ4n) is 2.97. The second-order valence-corrected chi connectivity index (χ2v) is 5.60. The van der Waals surface area contributed by atoms with Gasteiger partial charge in [-0.15, -0.1) is 0 Å². The van der Waals surface area contributed by atoms with E-state index in [0.29, 0.717) is 0 Å². The summed E-state index contributed by atoms with van der Waals surface area (Å²) in [6.45, 7) is 8.53. The molecule has 0 radical (unpaired) electrons. The van der Waals surface area contributed by atoms with E-state index in [0.717, 1.165) is 30.3 Å². The monoisotopic (exact) mass is 244 g/mol. The van der Waals surface area contributed by atoms with Crippen molar-refractivity contribution in [1.29, 1.82) is 0 Å². The van der Waals surface area contributed by atoms with Gasteiger partial charge in [0.25, 0.3) is 0 Å². The summed E-state index contributed by atoms with van der Waals surface area (Å²) in [7, 11) is 0. The Morgan fingerprint density at radius 3 is 2.89 bits per heavy atom. The van der Waals surface area contributed by atoms with Crippen molar-refractivity contribution < 1.29 is 0 Å². The number of hydrogen-bond donors (Lipinski definition) is 1. The second kappa shape index (κ2) is 4.05. The highest BCUT2D eigenvalue weighted by Gasteiger charge is 2.30. The molecule has 4 nitrogen and oxygen atoms in total. The number of nitrogens with zero attached hydrogens (tertiary/aromatic N) is 3. The average Bonchev–Trinajstić information content (AvgIpc) is 2.72. The van der Waals surface area contributed by atoms with Gasteiger partial charge in [-0.1, -0.05) is 6.92 Å². The van der Waals surface area contributed by atoms with Gasteiger partial charge in [-0.25, -0.2) is 9.97 Å². The third-order valence-corrected chi connectivity index (χ3v) is 4.07. The molecule has 1 saturated heterocycles. The first kappa shape index (κ1) is 11.7. The summed E-state index contributed by atoms with van der Waals surface area (Å²) >= 11 is 0. The third-order valence-electron chi connectivity index (χ3n) is 4.07. The van der Waals surface area contributed by atoms with Gasteiger partial charge in [0, 0.05) is 12.0 Å². The fourth-order valence-corrected chi connectivity index (χ4v) is 2.97. The highest BCUT2D eigenvalue weighted by Crippen LogP contribution is 2.30. The lowest BCUT2D eigenvalue weighted by Gasteiger charge is -2.33. The van der Waals surface area contributed by atoms with Gasteiger partial charge in [0.15, 0.2) is 0 Å². The van der Waals surface area contributed by atoms with Crippen LogP contribution >= 0.6 is 0 Å². The number of nitrogens with one attached hydrogen (secondary N) is 1. The summed E-state index contributed by atoms with van der Waals surface area (Å²) in [5, 5.41) is 3.48. The Labute approximate surface area is 107 Å². The van der Waals surface area contributed by atoms with E-state index >= 15 is 0 Å². The summed E-state index contributed by atoms with van der Waals surface area (Å²) in [6, 6.07) is 2.19. The van der Waals surface area contributed by atoms with Crippen molar-refractivity contribution in [2.24, 2.45) is 0 Å². The maximum atomic E-state index is 4.81. The summed E-state index contributed by atoms with van der Waals surface area (Å²) < 4.78 is 2.11. The van der Waals surface area contributed by atoms with E-state index in [-0.39, 0.29) is 5.41 Å². The van der Waals surface area contributed by atoms with Crippen LogP contribution in [0.4, 0.5) is 0 Å². The molecule has 0 aliphatic carbocycles. The molecule has 3 rings (SSSR count). The zero-order chi connectivity index (χ0) is 12.8. The molecule has 0 aromatic carbocycles. The van der Waals surface area contributed by atoms with Crippen LogP contribution in [0.1, 0.15) is 37.1 Å². The highest BCUT2D eigenvalue weighted by molar-refractivity contribution is 5.49.